The fourth-order valence-electron chi connectivity index (χ4n) is 2.52. The molecule has 0 unspecified atom stereocenters. The number of carbonyl (C=O) groups is 2. The first kappa shape index (κ1) is 15.8. The molecule has 1 atom stereocenters. The van der Waals surface area contributed by atoms with Crippen molar-refractivity contribution in [2.75, 3.05) is 7.11 Å². The first-order valence-electron chi connectivity index (χ1n) is 7.08. The first-order chi connectivity index (χ1) is 10.6. The van der Waals surface area contributed by atoms with Crippen LogP contribution in [0.1, 0.15) is 24.0 Å². The lowest BCUT2D eigenvalue weighted by Gasteiger charge is -2.26. The van der Waals surface area contributed by atoms with Gasteiger partial charge in [-0.1, -0.05) is 60.7 Å². The van der Waals surface area contributed by atoms with E-state index in [0.29, 0.717) is 0 Å². The molecule has 0 saturated carbocycles. The molecule has 114 valence electrons. The normalized spacial score (nSPS) is 11.8. The fourth-order valence-corrected chi connectivity index (χ4v) is 2.52. The Balaban J connectivity index is 2.50. The number of carbonyl (C=O) groups excluding carboxylic acids is 2. The van der Waals surface area contributed by atoms with Gasteiger partial charge in [-0.25, -0.2) is 4.79 Å². The van der Waals surface area contributed by atoms with Gasteiger partial charge in [-0.05, 0) is 11.1 Å². The number of ether oxygens (including phenoxy) is 1. The standard InChI is InChI=1S/C18H19NO3/c1-13(20)19-17(18(21)22-2)16(14-9-5-3-6-10-14)15-11-7-4-8-12-15/h3-12,16-17H,1-2H3,(H,19,20)/t17-/m1/s1. The maximum Gasteiger partial charge on any atom is 0.329 e. The highest BCUT2D eigenvalue weighted by Crippen LogP contribution is 2.28. The maximum absolute atomic E-state index is 12.2. The lowest BCUT2D eigenvalue weighted by atomic mass is 9.85. The van der Waals surface area contributed by atoms with Gasteiger partial charge in [-0.15, -0.1) is 0 Å². The van der Waals surface area contributed by atoms with Crippen LogP contribution in [0, 0.1) is 0 Å². The van der Waals surface area contributed by atoms with Gasteiger partial charge in [-0.3, -0.25) is 4.79 Å². The Morgan fingerprint density at radius 2 is 1.36 bits per heavy atom. The summed E-state index contributed by atoms with van der Waals surface area (Å²) in [6.07, 6.45) is 0. The molecule has 0 heterocycles. The number of hydrogen-bond donors (Lipinski definition) is 1. The van der Waals surface area contributed by atoms with Gasteiger partial charge >= 0.3 is 5.97 Å². The minimum atomic E-state index is -0.771. The average molecular weight is 297 g/mol. The van der Waals surface area contributed by atoms with E-state index in [2.05, 4.69) is 5.32 Å². The van der Waals surface area contributed by atoms with Crippen LogP contribution in [-0.4, -0.2) is 25.0 Å². The molecule has 2 aromatic rings. The quantitative estimate of drug-likeness (QED) is 0.863. The summed E-state index contributed by atoms with van der Waals surface area (Å²) in [5.41, 5.74) is 1.88. The number of rotatable bonds is 5. The third-order valence-corrected chi connectivity index (χ3v) is 3.46. The van der Waals surface area contributed by atoms with E-state index in [4.69, 9.17) is 4.74 Å². The van der Waals surface area contributed by atoms with Gasteiger partial charge in [0.15, 0.2) is 0 Å². The first-order valence-corrected chi connectivity index (χ1v) is 7.08. The van der Waals surface area contributed by atoms with E-state index < -0.39 is 12.0 Å². The molecule has 1 amide bonds. The van der Waals surface area contributed by atoms with Crippen molar-refractivity contribution in [1.29, 1.82) is 0 Å². The highest BCUT2D eigenvalue weighted by atomic mass is 16.5. The van der Waals surface area contributed by atoms with Crippen molar-refractivity contribution in [1.82, 2.24) is 5.32 Å². The Morgan fingerprint density at radius 3 is 1.73 bits per heavy atom. The Bertz CT molecular complexity index is 586. The van der Waals surface area contributed by atoms with Crippen molar-refractivity contribution in [2.45, 2.75) is 18.9 Å². The summed E-state index contributed by atoms with van der Waals surface area (Å²) in [5, 5.41) is 2.71. The third-order valence-electron chi connectivity index (χ3n) is 3.46. The van der Waals surface area contributed by atoms with Crippen LogP contribution in [-0.2, 0) is 14.3 Å². The predicted octanol–water partition coefficient (Wildman–Crippen LogP) is 2.50. The molecule has 4 nitrogen and oxygen atoms in total. The molecule has 2 rings (SSSR count). The summed E-state index contributed by atoms with van der Waals surface area (Å²) in [7, 11) is 1.32. The molecular weight excluding hydrogens is 278 g/mol. The lowest BCUT2D eigenvalue weighted by molar-refractivity contribution is -0.145. The Morgan fingerprint density at radius 1 is 0.909 bits per heavy atom. The smallest absolute Gasteiger partial charge is 0.329 e. The van der Waals surface area contributed by atoms with E-state index >= 15 is 0 Å². The van der Waals surface area contributed by atoms with Crippen LogP contribution in [0.25, 0.3) is 0 Å². The molecule has 22 heavy (non-hydrogen) atoms. The lowest BCUT2D eigenvalue weighted by Crippen LogP contribution is -2.45. The summed E-state index contributed by atoms with van der Waals surface area (Å²) in [6.45, 7) is 1.39. The van der Waals surface area contributed by atoms with Crippen LogP contribution in [0.15, 0.2) is 60.7 Å². The molecule has 0 bridgehead atoms. The van der Waals surface area contributed by atoms with Crippen LogP contribution in [0.3, 0.4) is 0 Å². The van der Waals surface area contributed by atoms with Gasteiger partial charge in [0.1, 0.15) is 6.04 Å². The number of benzene rings is 2. The molecule has 0 radical (unpaired) electrons. The monoisotopic (exact) mass is 297 g/mol. The topological polar surface area (TPSA) is 55.4 Å². The van der Waals surface area contributed by atoms with E-state index in [0.717, 1.165) is 11.1 Å². The molecule has 1 N–H and O–H groups in total. The van der Waals surface area contributed by atoms with Gasteiger partial charge in [0.25, 0.3) is 0 Å². The Hall–Kier alpha value is -2.62. The van der Waals surface area contributed by atoms with Crippen molar-refractivity contribution in [3.63, 3.8) is 0 Å². The minimum absolute atomic E-state index is 0.271. The predicted molar refractivity (Wildman–Crippen MR) is 84.3 cm³/mol. The van der Waals surface area contributed by atoms with Crippen molar-refractivity contribution < 1.29 is 14.3 Å². The van der Waals surface area contributed by atoms with Gasteiger partial charge < -0.3 is 10.1 Å². The fraction of sp³-hybridized carbons (Fsp3) is 0.222. The molecule has 2 aromatic carbocycles. The second kappa shape index (κ2) is 7.41. The van der Waals surface area contributed by atoms with Gasteiger partial charge in [0.2, 0.25) is 5.91 Å². The molecule has 4 heteroatoms. The zero-order valence-corrected chi connectivity index (χ0v) is 12.7. The van der Waals surface area contributed by atoms with Crippen LogP contribution >= 0.6 is 0 Å². The number of amides is 1. The molecule has 0 aliphatic rings. The largest absolute Gasteiger partial charge is 0.467 e. The molecular formula is C18H19NO3. The highest BCUT2D eigenvalue weighted by Gasteiger charge is 2.32. The summed E-state index contributed by atoms with van der Waals surface area (Å²) >= 11 is 0. The SMILES string of the molecule is COC(=O)[C@H](NC(C)=O)C(c1ccccc1)c1ccccc1. The van der Waals surface area contributed by atoms with Crippen LogP contribution in [0.2, 0.25) is 0 Å². The Labute approximate surface area is 130 Å². The van der Waals surface area contributed by atoms with Gasteiger partial charge in [0.05, 0.1) is 7.11 Å². The van der Waals surface area contributed by atoms with Gasteiger partial charge in [-0.2, -0.15) is 0 Å². The van der Waals surface area contributed by atoms with Crippen molar-refractivity contribution >= 4 is 11.9 Å². The van der Waals surface area contributed by atoms with E-state index in [1.165, 1.54) is 14.0 Å². The van der Waals surface area contributed by atoms with E-state index in [-0.39, 0.29) is 11.8 Å². The molecule has 0 aromatic heterocycles. The molecule has 0 spiro atoms. The van der Waals surface area contributed by atoms with E-state index in [1.807, 2.05) is 60.7 Å². The maximum atomic E-state index is 12.2. The zero-order chi connectivity index (χ0) is 15.9. The highest BCUT2D eigenvalue weighted by molar-refractivity contribution is 5.84. The van der Waals surface area contributed by atoms with E-state index in [1.54, 1.807) is 0 Å². The number of hydrogen-bond acceptors (Lipinski definition) is 3. The van der Waals surface area contributed by atoms with Crippen molar-refractivity contribution in [3.8, 4) is 0 Å². The Kier molecular flexibility index (Phi) is 5.31. The van der Waals surface area contributed by atoms with E-state index in [9.17, 15) is 9.59 Å². The minimum Gasteiger partial charge on any atom is -0.467 e. The van der Waals surface area contributed by atoms with Crippen molar-refractivity contribution in [3.05, 3.63) is 71.8 Å². The summed E-state index contributed by atoms with van der Waals surface area (Å²) in [6, 6.07) is 18.5. The summed E-state index contributed by atoms with van der Waals surface area (Å²) in [4.78, 5) is 23.7. The van der Waals surface area contributed by atoms with Crippen LogP contribution in [0.4, 0.5) is 0 Å². The average Bonchev–Trinajstić information content (AvgIpc) is 2.55. The number of esters is 1. The second-order valence-electron chi connectivity index (χ2n) is 5.00. The molecule has 0 aliphatic carbocycles. The summed E-state index contributed by atoms with van der Waals surface area (Å²) in [5.74, 6) is -1.04. The van der Waals surface area contributed by atoms with Crippen molar-refractivity contribution in [2.24, 2.45) is 0 Å². The molecule has 0 fully saturated rings. The van der Waals surface area contributed by atoms with Gasteiger partial charge in [0, 0.05) is 12.8 Å². The number of methoxy groups -OCH3 is 1. The van der Waals surface area contributed by atoms with Crippen LogP contribution < -0.4 is 5.32 Å². The van der Waals surface area contributed by atoms with Crippen LogP contribution in [0.5, 0.6) is 0 Å². The molecule has 0 aliphatic heterocycles. The number of nitrogens with one attached hydrogen (secondary N) is 1. The molecule has 0 saturated heterocycles. The second-order valence-corrected chi connectivity index (χ2v) is 5.00. The zero-order valence-electron chi connectivity index (χ0n) is 12.7. The summed E-state index contributed by atoms with van der Waals surface area (Å²) < 4.78 is 4.88. The third kappa shape index (κ3) is 3.73.